The molecule has 0 radical (unpaired) electrons. The van der Waals surface area contributed by atoms with Crippen molar-refractivity contribution in [1.82, 2.24) is 35.7 Å². The first-order valence-corrected chi connectivity index (χ1v) is 24.6. The topological polar surface area (TPSA) is 209 Å². The van der Waals surface area contributed by atoms with Crippen molar-refractivity contribution in [3.8, 4) is 21.6 Å². The van der Waals surface area contributed by atoms with Crippen LogP contribution in [0.15, 0.2) is 83.2 Å². The Hall–Kier alpha value is -6.97. The summed E-state index contributed by atoms with van der Waals surface area (Å²) in [5.41, 5.74) is 0.679. The number of β-amino-alcohol motifs (C(OH)–C–C–N with tert-alkyl or cyclic N) is 1. The maximum absolute atomic E-state index is 15.7. The molecule has 3 aromatic carbocycles. The number of pyridine rings is 1. The van der Waals surface area contributed by atoms with Gasteiger partial charge in [0.25, 0.3) is 11.8 Å². The van der Waals surface area contributed by atoms with Gasteiger partial charge in [-0.15, -0.1) is 11.3 Å². The number of anilines is 2. The number of alkyl halides is 3. The third-order valence-electron chi connectivity index (χ3n) is 13.4. The molecule has 6 N–H and O–H groups in total. The number of carbonyl (C=O) groups excluding carboxylic acids is 5. The van der Waals surface area contributed by atoms with Gasteiger partial charge in [0.2, 0.25) is 23.3 Å². The molecule has 16 nitrogen and oxygen atoms in total. The summed E-state index contributed by atoms with van der Waals surface area (Å²) in [5, 5.41) is 21.4. The van der Waals surface area contributed by atoms with E-state index in [-0.39, 0.29) is 47.4 Å². The molecule has 2 aliphatic rings. The molecule has 6 atom stereocenters. The number of piperazine rings is 1. The Morgan fingerprint density at radius 1 is 0.904 bits per heavy atom. The number of hydrogen-bond acceptors (Lipinski definition) is 11. The van der Waals surface area contributed by atoms with Gasteiger partial charge in [0.15, 0.2) is 0 Å². The number of thiazole rings is 1. The molecule has 0 spiro atoms. The zero-order valence-electron chi connectivity index (χ0n) is 41.6. The van der Waals surface area contributed by atoms with Crippen LogP contribution < -0.4 is 31.7 Å². The number of nitrogens with one attached hydrogen (secondary N) is 5. The molecule has 2 aliphatic heterocycles. The standard InChI is InChI=1S/C52H59F4N9O7S/c1-27-23-64(24-28(2)63(27)8)41-16-14-33(18-40(41)61-48(70)37-21-57-43(67)20-38(37)52(54,55)56)36-17-34(13-15-39(36)53)47(69)58-22-44(68)62-46(51(5,6)7)50(72)65-25-35(66)19-42(65)49(71)60-29(3)31-9-11-32(12-10-31)45-30(4)59-26-73-45/h9-18,20-21,26-29,35,42,46,66H,19,22-25H2,1-8H3,(H,57,67)(H,58,69)(H,60,71)(H,61,70)(H,62,68)/t27-,28+,29?,35-,42+,46?/m0/s1. The number of benzene rings is 3. The second-order valence-corrected chi connectivity index (χ2v) is 20.7. The van der Waals surface area contributed by atoms with Gasteiger partial charge in [0, 0.05) is 61.5 Å². The second-order valence-electron chi connectivity index (χ2n) is 19.8. The van der Waals surface area contributed by atoms with Crippen molar-refractivity contribution >= 4 is 52.2 Å². The summed E-state index contributed by atoms with van der Waals surface area (Å²) < 4.78 is 57.8. The molecule has 4 heterocycles. The fraction of sp³-hybridized carbons (Fsp3) is 0.404. The van der Waals surface area contributed by atoms with Gasteiger partial charge < -0.3 is 41.2 Å². The highest BCUT2D eigenvalue weighted by Crippen LogP contribution is 2.37. The van der Waals surface area contributed by atoms with E-state index >= 15 is 4.39 Å². The maximum atomic E-state index is 15.7. The molecule has 2 aromatic heterocycles. The van der Waals surface area contributed by atoms with Gasteiger partial charge in [-0.25, -0.2) is 9.37 Å². The number of aliphatic hydroxyl groups excluding tert-OH is 1. The Labute approximate surface area is 423 Å². The van der Waals surface area contributed by atoms with Gasteiger partial charge in [-0.05, 0) is 87.2 Å². The molecule has 21 heteroatoms. The van der Waals surface area contributed by atoms with E-state index in [1.165, 1.54) is 34.4 Å². The number of likely N-dealkylation sites (tertiary alicyclic amines) is 1. The van der Waals surface area contributed by atoms with E-state index < -0.39 is 94.4 Å². The lowest BCUT2D eigenvalue weighted by Crippen LogP contribution is -2.58. The molecule has 0 saturated carbocycles. The van der Waals surface area contributed by atoms with Crippen molar-refractivity contribution in [2.24, 2.45) is 5.41 Å². The maximum Gasteiger partial charge on any atom is 0.417 e. The minimum atomic E-state index is -5.04. The number of likely N-dealkylation sites (N-methyl/N-ethyl adjacent to an activating group) is 1. The summed E-state index contributed by atoms with van der Waals surface area (Å²) in [6, 6.07) is 13.3. The van der Waals surface area contributed by atoms with Crippen molar-refractivity contribution in [2.45, 2.75) is 97.4 Å². The molecule has 2 fully saturated rings. The Morgan fingerprint density at radius 3 is 2.21 bits per heavy atom. The molecule has 2 saturated heterocycles. The number of rotatable bonds is 13. The van der Waals surface area contributed by atoms with Crippen LogP contribution >= 0.6 is 11.3 Å². The summed E-state index contributed by atoms with van der Waals surface area (Å²) in [6.07, 6.45) is -5.39. The van der Waals surface area contributed by atoms with E-state index in [4.69, 9.17) is 0 Å². The number of hydrogen-bond donors (Lipinski definition) is 6. The van der Waals surface area contributed by atoms with Crippen molar-refractivity contribution in [3.63, 3.8) is 0 Å². The second kappa shape index (κ2) is 21.6. The van der Waals surface area contributed by atoms with Crippen LogP contribution in [0.1, 0.15) is 91.5 Å². The molecule has 7 rings (SSSR count). The quantitative estimate of drug-likeness (QED) is 0.0705. The van der Waals surface area contributed by atoms with E-state index in [0.717, 1.165) is 27.8 Å². The number of nitrogens with zero attached hydrogens (tertiary/aromatic N) is 4. The number of halogens is 4. The summed E-state index contributed by atoms with van der Waals surface area (Å²) in [6.45, 7) is 13.1. The van der Waals surface area contributed by atoms with Crippen LogP contribution in [-0.2, 0) is 20.6 Å². The van der Waals surface area contributed by atoms with Crippen LogP contribution in [0, 0.1) is 18.2 Å². The number of aryl methyl sites for hydroxylation is 1. The van der Waals surface area contributed by atoms with Crippen LogP contribution in [0.5, 0.6) is 0 Å². The molecule has 0 aliphatic carbocycles. The molecular formula is C52H59F4N9O7S. The number of aromatic amines is 1. The number of aromatic nitrogens is 2. The highest BCUT2D eigenvalue weighted by Gasteiger charge is 2.45. The predicted molar refractivity (Wildman–Crippen MR) is 269 cm³/mol. The van der Waals surface area contributed by atoms with Gasteiger partial charge in [-0.2, -0.15) is 13.2 Å². The number of carbonyl (C=O) groups is 5. The Bertz CT molecular complexity index is 2940. The summed E-state index contributed by atoms with van der Waals surface area (Å²) >= 11 is 1.53. The van der Waals surface area contributed by atoms with Crippen LogP contribution in [0.25, 0.3) is 21.6 Å². The molecule has 73 heavy (non-hydrogen) atoms. The van der Waals surface area contributed by atoms with Crippen LogP contribution in [-0.4, -0.2) is 118 Å². The summed E-state index contributed by atoms with van der Waals surface area (Å²) in [7, 11) is 1.96. The van der Waals surface area contributed by atoms with Gasteiger partial charge in [0.05, 0.1) is 57.3 Å². The van der Waals surface area contributed by atoms with Crippen molar-refractivity contribution < 1.29 is 46.6 Å². The van der Waals surface area contributed by atoms with E-state index in [9.17, 15) is 47.0 Å². The minimum Gasteiger partial charge on any atom is -0.391 e. The van der Waals surface area contributed by atoms with E-state index in [2.05, 4.69) is 36.1 Å². The fourth-order valence-corrected chi connectivity index (χ4v) is 9.95. The molecule has 388 valence electrons. The summed E-state index contributed by atoms with van der Waals surface area (Å²) in [5.74, 6) is -4.60. The fourth-order valence-electron chi connectivity index (χ4n) is 9.14. The Kier molecular flexibility index (Phi) is 15.9. The normalized spacial score (nSPS) is 19.2. The van der Waals surface area contributed by atoms with E-state index in [0.29, 0.717) is 31.0 Å². The van der Waals surface area contributed by atoms with Gasteiger partial charge in [0.1, 0.15) is 17.9 Å². The van der Waals surface area contributed by atoms with Gasteiger partial charge in [-0.1, -0.05) is 51.1 Å². The molecule has 5 aromatic rings. The molecule has 2 unspecified atom stereocenters. The van der Waals surface area contributed by atoms with Gasteiger partial charge in [-0.3, -0.25) is 33.7 Å². The number of aliphatic hydroxyl groups is 1. The Balaban J connectivity index is 1.05. The highest BCUT2D eigenvalue weighted by atomic mass is 32.1. The largest absolute Gasteiger partial charge is 0.417 e. The van der Waals surface area contributed by atoms with Crippen molar-refractivity contribution in [2.75, 3.05) is 43.4 Å². The minimum absolute atomic E-state index is 0.0249. The van der Waals surface area contributed by atoms with E-state index in [1.54, 1.807) is 38.4 Å². The van der Waals surface area contributed by atoms with E-state index in [1.807, 2.05) is 63.9 Å². The Morgan fingerprint density at radius 2 is 1.58 bits per heavy atom. The summed E-state index contributed by atoms with van der Waals surface area (Å²) in [4.78, 5) is 93.5. The lowest BCUT2D eigenvalue weighted by Gasteiger charge is -2.44. The van der Waals surface area contributed by atoms with Crippen LogP contribution in [0.2, 0.25) is 0 Å². The number of H-pyrrole nitrogens is 1. The smallest absolute Gasteiger partial charge is 0.391 e. The zero-order chi connectivity index (χ0) is 53.3. The van der Waals surface area contributed by atoms with Gasteiger partial charge >= 0.3 is 6.18 Å². The third kappa shape index (κ3) is 12.3. The lowest BCUT2D eigenvalue weighted by molar-refractivity contribution is -0.144. The molecule has 5 amide bonds. The first-order chi connectivity index (χ1) is 34.3. The average Bonchev–Trinajstić information content (AvgIpc) is 3.95. The number of amides is 5. The molecular weight excluding hydrogens is 971 g/mol. The SMILES string of the molecule is Cc1ncsc1-c1ccc(C(C)NC(=O)[C@H]2C[C@H](O)CN2C(=O)C(NC(=O)CNC(=O)c2ccc(F)c(-c3ccc(N4C[C@@H](C)N(C)[C@@H](C)C4)c(NC(=O)c4c[nH]c(=O)cc4C(F)(F)F)c3)c2)C(C)(C)C)cc1. The van der Waals surface area contributed by atoms with Crippen molar-refractivity contribution in [3.05, 3.63) is 123 Å². The average molecular weight is 1030 g/mol. The predicted octanol–water partition coefficient (Wildman–Crippen LogP) is 6.51. The third-order valence-corrected chi connectivity index (χ3v) is 14.4. The first kappa shape index (κ1) is 53.8. The molecule has 0 bridgehead atoms. The van der Waals surface area contributed by atoms with Crippen LogP contribution in [0.3, 0.4) is 0 Å². The highest BCUT2D eigenvalue weighted by molar-refractivity contribution is 7.13. The van der Waals surface area contributed by atoms with Crippen LogP contribution in [0.4, 0.5) is 28.9 Å². The first-order valence-electron chi connectivity index (χ1n) is 23.7. The lowest BCUT2D eigenvalue weighted by atomic mass is 9.85. The van der Waals surface area contributed by atoms with Crippen molar-refractivity contribution in [1.29, 1.82) is 0 Å². The zero-order valence-corrected chi connectivity index (χ0v) is 42.4. The monoisotopic (exact) mass is 1030 g/mol.